The van der Waals surface area contributed by atoms with Crippen molar-refractivity contribution in [2.45, 2.75) is 4.90 Å². The lowest BCUT2D eigenvalue weighted by Gasteiger charge is -2.16. The quantitative estimate of drug-likeness (QED) is 0.750. The average molecular weight is 274 g/mol. The minimum absolute atomic E-state index is 0.112. The highest BCUT2D eigenvalue weighted by Crippen LogP contribution is 2.33. The summed E-state index contributed by atoms with van der Waals surface area (Å²) in [5.74, 6) is 0.0966. The number of hydrogen-bond acceptors (Lipinski definition) is 3. The van der Waals surface area contributed by atoms with E-state index >= 15 is 0 Å². The van der Waals surface area contributed by atoms with Crippen molar-refractivity contribution in [3.8, 4) is 0 Å². The summed E-state index contributed by atoms with van der Waals surface area (Å²) in [6.45, 7) is 0. The molecule has 0 spiro atoms. The molecular formula is C14H11FN2OS. The third-order valence-corrected chi connectivity index (χ3v) is 4.03. The van der Waals surface area contributed by atoms with Gasteiger partial charge in [-0.15, -0.1) is 11.8 Å². The number of carbonyl (C=O) groups excluding carboxylic acids is 1. The van der Waals surface area contributed by atoms with Crippen molar-refractivity contribution in [2.75, 3.05) is 5.75 Å². The van der Waals surface area contributed by atoms with Gasteiger partial charge < -0.3 is 4.57 Å². The zero-order chi connectivity index (χ0) is 13.4. The fourth-order valence-electron chi connectivity index (χ4n) is 1.99. The van der Waals surface area contributed by atoms with E-state index < -0.39 is 0 Å². The summed E-state index contributed by atoms with van der Waals surface area (Å²) >= 11 is 1.54. The fourth-order valence-corrected chi connectivity index (χ4v) is 2.99. The number of imidazole rings is 1. The number of aryl methyl sites for hydroxylation is 1. The van der Waals surface area contributed by atoms with Gasteiger partial charge in [-0.1, -0.05) is 0 Å². The third-order valence-electron chi connectivity index (χ3n) is 2.91. The number of ketones is 1. The number of fused-ring (bicyclic) bond motifs is 1. The highest BCUT2D eigenvalue weighted by atomic mass is 32.2. The number of halogens is 1. The van der Waals surface area contributed by atoms with E-state index in [1.807, 2.05) is 17.8 Å². The molecule has 2 heterocycles. The van der Waals surface area contributed by atoms with Crippen LogP contribution >= 0.6 is 11.8 Å². The molecular weight excluding hydrogens is 263 g/mol. The maximum atomic E-state index is 13.2. The van der Waals surface area contributed by atoms with Gasteiger partial charge in [0.25, 0.3) is 0 Å². The molecule has 0 fully saturated rings. The number of rotatable bonds is 1. The Morgan fingerprint density at radius 3 is 3.05 bits per heavy atom. The summed E-state index contributed by atoms with van der Waals surface area (Å²) in [6, 6.07) is 4.34. The second-order valence-corrected chi connectivity index (χ2v) is 5.41. The molecule has 0 radical (unpaired) electrons. The average Bonchev–Trinajstić information content (AvgIpc) is 2.79. The van der Waals surface area contributed by atoms with Gasteiger partial charge in [0.1, 0.15) is 5.82 Å². The molecule has 1 aromatic heterocycles. The van der Waals surface area contributed by atoms with Crippen molar-refractivity contribution in [2.24, 2.45) is 7.05 Å². The van der Waals surface area contributed by atoms with Crippen LogP contribution in [0.15, 0.2) is 41.2 Å². The first-order valence-electron chi connectivity index (χ1n) is 5.79. The number of Topliss-reactive ketones (excluding diaryl/α,β-unsaturated/α-hetero) is 1. The number of carbonyl (C=O) groups is 1. The van der Waals surface area contributed by atoms with Crippen LogP contribution in [0.3, 0.4) is 0 Å². The van der Waals surface area contributed by atoms with Gasteiger partial charge in [-0.05, 0) is 24.3 Å². The van der Waals surface area contributed by atoms with Crippen molar-refractivity contribution < 1.29 is 9.18 Å². The lowest BCUT2D eigenvalue weighted by atomic mass is 10.0. The van der Waals surface area contributed by atoms with Crippen LogP contribution in [0.2, 0.25) is 0 Å². The second kappa shape index (κ2) is 4.66. The molecule has 0 atom stereocenters. The smallest absolute Gasteiger partial charge is 0.191 e. The first-order valence-corrected chi connectivity index (χ1v) is 6.77. The van der Waals surface area contributed by atoms with E-state index in [-0.39, 0.29) is 11.6 Å². The van der Waals surface area contributed by atoms with Crippen LogP contribution in [0.4, 0.5) is 4.39 Å². The maximum absolute atomic E-state index is 13.2. The summed E-state index contributed by atoms with van der Waals surface area (Å²) in [4.78, 5) is 17.3. The van der Waals surface area contributed by atoms with Gasteiger partial charge in [0.2, 0.25) is 0 Å². The normalized spacial score (nSPS) is 16.7. The summed E-state index contributed by atoms with van der Waals surface area (Å²) in [5, 5.41) is 0. The number of aromatic nitrogens is 2. The van der Waals surface area contributed by atoms with Gasteiger partial charge in [0, 0.05) is 35.0 Å². The number of hydrogen-bond donors (Lipinski definition) is 0. The monoisotopic (exact) mass is 274 g/mol. The van der Waals surface area contributed by atoms with E-state index in [0.29, 0.717) is 16.9 Å². The minimum atomic E-state index is -0.383. The SMILES string of the molecule is Cn1cnc(/C=C2\CSc3ccc(F)cc3C2=O)c1. The minimum Gasteiger partial charge on any atom is -0.340 e. The Kier molecular flexibility index (Phi) is 2.98. The predicted molar refractivity (Wildman–Crippen MR) is 72.6 cm³/mol. The summed E-state index contributed by atoms with van der Waals surface area (Å²) in [7, 11) is 1.87. The molecule has 0 saturated carbocycles. The van der Waals surface area contributed by atoms with Crippen LogP contribution in [0.1, 0.15) is 16.1 Å². The summed E-state index contributed by atoms with van der Waals surface area (Å²) in [6.07, 6.45) is 5.29. The van der Waals surface area contributed by atoms with Crippen LogP contribution in [-0.2, 0) is 7.05 Å². The van der Waals surface area contributed by atoms with E-state index in [1.165, 1.54) is 12.1 Å². The molecule has 1 aliphatic rings. The van der Waals surface area contributed by atoms with Gasteiger partial charge in [-0.3, -0.25) is 4.79 Å². The Hall–Kier alpha value is -1.88. The lowest BCUT2D eigenvalue weighted by molar-refractivity contribution is 0.103. The molecule has 0 aliphatic carbocycles. The Morgan fingerprint density at radius 2 is 2.32 bits per heavy atom. The van der Waals surface area contributed by atoms with E-state index in [0.717, 1.165) is 10.6 Å². The van der Waals surface area contributed by atoms with Crippen LogP contribution < -0.4 is 0 Å². The van der Waals surface area contributed by atoms with Crippen molar-refractivity contribution in [1.29, 1.82) is 0 Å². The van der Waals surface area contributed by atoms with Gasteiger partial charge in [0.05, 0.1) is 12.0 Å². The van der Waals surface area contributed by atoms with Crippen LogP contribution in [0, 0.1) is 5.82 Å². The highest BCUT2D eigenvalue weighted by molar-refractivity contribution is 7.99. The largest absolute Gasteiger partial charge is 0.340 e. The predicted octanol–water partition coefficient (Wildman–Crippen LogP) is 2.93. The van der Waals surface area contributed by atoms with Crippen LogP contribution in [0.25, 0.3) is 6.08 Å². The molecule has 0 amide bonds. The van der Waals surface area contributed by atoms with E-state index in [9.17, 15) is 9.18 Å². The van der Waals surface area contributed by atoms with Gasteiger partial charge in [-0.25, -0.2) is 9.37 Å². The molecule has 3 rings (SSSR count). The molecule has 3 nitrogen and oxygen atoms in total. The van der Waals surface area contributed by atoms with E-state index in [4.69, 9.17) is 0 Å². The summed E-state index contributed by atoms with van der Waals surface area (Å²) in [5.41, 5.74) is 1.84. The van der Waals surface area contributed by atoms with Gasteiger partial charge in [-0.2, -0.15) is 0 Å². The molecule has 0 bridgehead atoms. The summed E-state index contributed by atoms with van der Waals surface area (Å²) < 4.78 is 15.0. The molecule has 19 heavy (non-hydrogen) atoms. The van der Waals surface area contributed by atoms with Gasteiger partial charge in [0.15, 0.2) is 5.78 Å². The molecule has 0 N–H and O–H groups in total. The maximum Gasteiger partial charge on any atom is 0.191 e. The van der Waals surface area contributed by atoms with Crippen molar-refractivity contribution >= 4 is 23.6 Å². The van der Waals surface area contributed by atoms with Crippen LogP contribution in [-0.4, -0.2) is 21.1 Å². The zero-order valence-electron chi connectivity index (χ0n) is 10.3. The Morgan fingerprint density at radius 1 is 1.47 bits per heavy atom. The molecule has 1 aromatic carbocycles. The van der Waals surface area contributed by atoms with E-state index in [1.54, 1.807) is 30.2 Å². The number of thioether (sulfide) groups is 1. The molecule has 2 aromatic rings. The highest BCUT2D eigenvalue weighted by Gasteiger charge is 2.23. The van der Waals surface area contributed by atoms with Crippen LogP contribution in [0.5, 0.6) is 0 Å². The Bertz CT molecular complexity index is 691. The standard InChI is InChI=1S/C14H11FN2OS/c1-17-6-11(16-8-17)4-9-7-19-13-3-2-10(15)5-12(13)14(9)18/h2-6,8H,7H2,1H3/b9-4+. The van der Waals surface area contributed by atoms with E-state index in [2.05, 4.69) is 4.98 Å². The molecule has 5 heteroatoms. The molecule has 1 aliphatic heterocycles. The molecule has 96 valence electrons. The Balaban J connectivity index is 1.99. The first-order chi connectivity index (χ1) is 9.13. The van der Waals surface area contributed by atoms with Crippen molar-refractivity contribution in [3.05, 3.63) is 53.4 Å². The number of nitrogens with zero attached hydrogens (tertiary/aromatic N) is 2. The first kappa shape index (κ1) is 12.2. The topological polar surface area (TPSA) is 34.9 Å². The number of benzene rings is 1. The Labute approximate surface area is 114 Å². The van der Waals surface area contributed by atoms with Gasteiger partial charge >= 0.3 is 0 Å². The van der Waals surface area contributed by atoms with Crippen molar-refractivity contribution in [1.82, 2.24) is 9.55 Å². The lowest BCUT2D eigenvalue weighted by Crippen LogP contribution is -2.12. The third kappa shape index (κ3) is 2.33. The van der Waals surface area contributed by atoms with Crippen molar-refractivity contribution in [3.63, 3.8) is 0 Å². The molecule has 0 unspecified atom stereocenters. The second-order valence-electron chi connectivity index (χ2n) is 4.39. The fraction of sp³-hybridized carbons (Fsp3) is 0.143. The molecule has 0 saturated heterocycles. The zero-order valence-corrected chi connectivity index (χ0v) is 11.1.